The summed E-state index contributed by atoms with van der Waals surface area (Å²) in [4.78, 5) is 22.6. The third-order valence-electron chi connectivity index (χ3n) is 6.30. The van der Waals surface area contributed by atoms with Crippen LogP contribution in [0.5, 0.6) is 28.7 Å². The van der Waals surface area contributed by atoms with Crippen LogP contribution in [0.15, 0.2) is 72.1 Å². The topological polar surface area (TPSA) is 156 Å². The van der Waals surface area contributed by atoms with Crippen molar-refractivity contribution in [2.75, 3.05) is 20.3 Å². The number of benzene rings is 3. The number of nitro benzene ring substituents is 1. The number of rotatable bonds is 11. The molecule has 0 saturated heterocycles. The summed E-state index contributed by atoms with van der Waals surface area (Å²) in [6, 6.07) is 17.7. The zero-order valence-corrected chi connectivity index (χ0v) is 22.8. The third-order valence-corrected chi connectivity index (χ3v) is 6.30. The number of nitriles is 1. The van der Waals surface area contributed by atoms with Crippen molar-refractivity contribution in [1.82, 2.24) is 0 Å². The highest BCUT2D eigenvalue weighted by Gasteiger charge is 2.32. The van der Waals surface area contributed by atoms with E-state index in [2.05, 4.69) is 19.9 Å². The number of nitrogens with two attached hydrogens (primary N) is 1. The Kier molecular flexibility index (Phi) is 8.94. The molecule has 2 N–H and O–H groups in total. The molecule has 0 saturated carbocycles. The molecular weight excluding hydrogens is 530 g/mol. The van der Waals surface area contributed by atoms with Gasteiger partial charge in [-0.05, 0) is 48.2 Å². The van der Waals surface area contributed by atoms with E-state index >= 15 is 0 Å². The third kappa shape index (κ3) is 6.86. The van der Waals surface area contributed by atoms with Gasteiger partial charge in [0.25, 0.3) is 5.69 Å². The van der Waals surface area contributed by atoms with Gasteiger partial charge in [0.05, 0.1) is 24.6 Å². The first-order chi connectivity index (χ1) is 19.7. The summed E-state index contributed by atoms with van der Waals surface area (Å²) >= 11 is 0. The molecule has 1 unspecified atom stereocenters. The van der Waals surface area contributed by atoms with Crippen molar-refractivity contribution >= 4 is 11.7 Å². The number of esters is 1. The van der Waals surface area contributed by atoms with Crippen LogP contribution in [0.2, 0.25) is 0 Å². The molecule has 0 aromatic heterocycles. The molecule has 0 amide bonds. The highest BCUT2D eigenvalue weighted by atomic mass is 16.6. The average Bonchev–Trinajstić information content (AvgIpc) is 2.95. The average molecular weight is 560 g/mol. The van der Waals surface area contributed by atoms with E-state index in [0.29, 0.717) is 35.3 Å². The maximum absolute atomic E-state index is 12.4. The second-order valence-electron chi connectivity index (χ2n) is 9.58. The first-order valence-corrected chi connectivity index (χ1v) is 12.8. The van der Waals surface area contributed by atoms with E-state index in [0.717, 1.165) is 12.0 Å². The largest absolute Gasteiger partial charge is 0.493 e. The number of allylic oxidation sites excluding steroid dienone is 1. The Morgan fingerprint density at radius 3 is 2.46 bits per heavy atom. The van der Waals surface area contributed by atoms with Gasteiger partial charge in [0.15, 0.2) is 18.1 Å². The van der Waals surface area contributed by atoms with E-state index in [1.807, 2.05) is 6.07 Å². The minimum Gasteiger partial charge on any atom is -0.493 e. The Morgan fingerprint density at radius 1 is 1.07 bits per heavy atom. The summed E-state index contributed by atoms with van der Waals surface area (Å²) in [6.45, 7) is 4.36. The normalized spacial score (nSPS) is 14.0. The first kappa shape index (κ1) is 28.8. The SMILES string of the molecule is COc1cc(C2C(C#N)=C(N)Oc3cc(OC(=O)COc4ccc([N+](=O)[O-])cc4)ccc32)ccc1OCCC(C)C. The molecule has 1 atom stereocenters. The molecule has 0 spiro atoms. The Labute approximate surface area is 236 Å². The van der Waals surface area contributed by atoms with Gasteiger partial charge in [-0.25, -0.2) is 4.79 Å². The van der Waals surface area contributed by atoms with Crippen LogP contribution in [0.25, 0.3) is 0 Å². The van der Waals surface area contributed by atoms with E-state index in [9.17, 15) is 20.2 Å². The molecule has 1 aliphatic heterocycles. The zero-order valence-electron chi connectivity index (χ0n) is 22.8. The highest BCUT2D eigenvalue weighted by Crippen LogP contribution is 2.45. The number of methoxy groups -OCH3 is 1. The van der Waals surface area contributed by atoms with Crippen LogP contribution in [-0.2, 0) is 4.79 Å². The number of carbonyl (C=O) groups excluding carboxylic acids is 1. The summed E-state index contributed by atoms with van der Waals surface area (Å²) < 4.78 is 27.9. The second-order valence-corrected chi connectivity index (χ2v) is 9.58. The quantitative estimate of drug-likeness (QED) is 0.143. The van der Waals surface area contributed by atoms with E-state index < -0.39 is 23.4 Å². The van der Waals surface area contributed by atoms with Crippen LogP contribution in [0.3, 0.4) is 0 Å². The number of ether oxygens (including phenoxy) is 5. The van der Waals surface area contributed by atoms with Gasteiger partial charge >= 0.3 is 5.97 Å². The Morgan fingerprint density at radius 2 is 1.80 bits per heavy atom. The molecule has 1 aliphatic rings. The van der Waals surface area contributed by atoms with Crippen LogP contribution in [0.1, 0.15) is 37.3 Å². The first-order valence-electron chi connectivity index (χ1n) is 12.8. The lowest BCUT2D eigenvalue weighted by Gasteiger charge is -2.27. The van der Waals surface area contributed by atoms with Crippen LogP contribution < -0.4 is 29.4 Å². The summed E-state index contributed by atoms with van der Waals surface area (Å²) in [5.41, 5.74) is 7.65. The molecule has 0 bridgehead atoms. The van der Waals surface area contributed by atoms with E-state index in [1.54, 1.807) is 31.4 Å². The van der Waals surface area contributed by atoms with Gasteiger partial charge in [-0.15, -0.1) is 0 Å². The number of fused-ring (bicyclic) bond motifs is 1. The number of hydrogen-bond acceptors (Lipinski definition) is 10. The molecule has 11 nitrogen and oxygen atoms in total. The Bertz CT molecular complexity index is 1510. The molecule has 212 valence electrons. The predicted molar refractivity (Wildman–Crippen MR) is 148 cm³/mol. The van der Waals surface area contributed by atoms with Crippen LogP contribution in [-0.4, -0.2) is 31.2 Å². The monoisotopic (exact) mass is 559 g/mol. The Balaban J connectivity index is 1.52. The number of hydrogen-bond donors (Lipinski definition) is 1. The van der Waals surface area contributed by atoms with Crippen LogP contribution >= 0.6 is 0 Å². The Hall–Kier alpha value is -5.24. The molecule has 0 radical (unpaired) electrons. The van der Waals surface area contributed by atoms with Crippen molar-refractivity contribution in [2.45, 2.75) is 26.2 Å². The fraction of sp³-hybridized carbons (Fsp3) is 0.267. The van der Waals surface area contributed by atoms with Crippen molar-refractivity contribution in [1.29, 1.82) is 5.26 Å². The van der Waals surface area contributed by atoms with Crippen molar-refractivity contribution in [2.24, 2.45) is 11.7 Å². The molecule has 41 heavy (non-hydrogen) atoms. The number of nitrogens with zero attached hydrogens (tertiary/aromatic N) is 2. The summed E-state index contributed by atoms with van der Waals surface area (Å²) in [5, 5.41) is 20.7. The van der Waals surface area contributed by atoms with Crippen LogP contribution in [0, 0.1) is 27.4 Å². The highest BCUT2D eigenvalue weighted by molar-refractivity contribution is 5.74. The summed E-state index contributed by atoms with van der Waals surface area (Å²) in [7, 11) is 1.55. The van der Waals surface area contributed by atoms with Gasteiger partial charge in [-0.3, -0.25) is 10.1 Å². The lowest BCUT2D eigenvalue weighted by atomic mass is 9.83. The van der Waals surface area contributed by atoms with Gasteiger partial charge in [0.1, 0.15) is 28.9 Å². The molecule has 0 aliphatic carbocycles. The van der Waals surface area contributed by atoms with E-state index in [4.69, 9.17) is 29.4 Å². The maximum Gasteiger partial charge on any atom is 0.349 e. The van der Waals surface area contributed by atoms with Gasteiger partial charge < -0.3 is 29.4 Å². The molecular formula is C30H29N3O8. The molecule has 3 aromatic carbocycles. The number of carbonyl (C=O) groups is 1. The number of non-ortho nitro benzene ring substituents is 1. The second kappa shape index (κ2) is 12.7. The predicted octanol–water partition coefficient (Wildman–Crippen LogP) is 5.23. The van der Waals surface area contributed by atoms with Crippen molar-refractivity contribution in [3.8, 4) is 34.8 Å². The summed E-state index contributed by atoms with van der Waals surface area (Å²) in [5.74, 6) is 1.07. The molecule has 0 fully saturated rings. The van der Waals surface area contributed by atoms with Crippen molar-refractivity contribution in [3.63, 3.8) is 0 Å². The minimum atomic E-state index is -0.699. The van der Waals surface area contributed by atoms with Gasteiger partial charge in [-0.2, -0.15) is 5.26 Å². The molecule has 3 aromatic rings. The standard InChI is InChI=1S/C30H29N3O8/c1-18(2)12-13-38-25-11-4-19(14-27(25)37-3)29-23-10-9-22(15-26(23)41-30(32)24(29)16-31)40-28(34)17-39-21-7-5-20(6-8-21)33(35)36/h4-11,14-15,18,29H,12-13,17,32H2,1-3H3. The maximum atomic E-state index is 12.4. The molecule has 1 heterocycles. The van der Waals surface area contributed by atoms with E-state index in [-0.39, 0.29) is 28.6 Å². The van der Waals surface area contributed by atoms with Gasteiger partial charge in [-0.1, -0.05) is 26.0 Å². The zero-order chi connectivity index (χ0) is 29.5. The summed E-state index contributed by atoms with van der Waals surface area (Å²) in [6.07, 6.45) is 0.895. The fourth-order valence-electron chi connectivity index (χ4n) is 4.20. The lowest BCUT2D eigenvalue weighted by Crippen LogP contribution is -2.22. The van der Waals surface area contributed by atoms with Gasteiger partial charge in [0, 0.05) is 23.8 Å². The van der Waals surface area contributed by atoms with Crippen molar-refractivity contribution in [3.05, 3.63) is 93.4 Å². The smallest absolute Gasteiger partial charge is 0.349 e. The van der Waals surface area contributed by atoms with E-state index in [1.165, 1.54) is 30.3 Å². The molecule has 11 heteroatoms. The fourth-order valence-corrected chi connectivity index (χ4v) is 4.20. The van der Waals surface area contributed by atoms with Crippen LogP contribution in [0.4, 0.5) is 5.69 Å². The number of nitro groups is 1. The van der Waals surface area contributed by atoms with Gasteiger partial charge in [0.2, 0.25) is 5.88 Å². The van der Waals surface area contributed by atoms with Crippen molar-refractivity contribution < 1.29 is 33.4 Å². The molecule has 4 rings (SSSR count). The lowest BCUT2D eigenvalue weighted by molar-refractivity contribution is -0.384. The minimum absolute atomic E-state index is 0.0637.